The molecule has 0 heterocycles. The van der Waals surface area contributed by atoms with Crippen LogP contribution >= 0.6 is 0 Å². The van der Waals surface area contributed by atoms with Crippen molar-refractivity contribution in [2.75, 3.05) is 24.6 Å². The zero-order chi connectivity index (χ0) is 20.4. The van der Waals surface area contributed by atoms with Crippen molar-refractivity contribution in [3.63, 3.8) is 0 Å². The smallest absolute Gasteiger partial charge is 0.277 e. The molecule has 5 nitrogen and oxygen atoms in total. The van der Waals surface area contributed by atoms with E-state index in [1.54, 1.807) is 6.21 Å². The summed E-state index contributed by atoms with van der Waals surface area (Å²) in [5.41, 5.74) is 6.84. The van der Waals surface area contributed by atoms with Crippen molar-refractivity contribution in [1.82, 2.24) is 5.43 Å². The molecule has 0 saturated carbocycles. The van der Waals surface area contributed by atoms with Gasteiger partial charge in [-0.15, -0.1) is 0 Å². The maximum Gasteiger partial charge on any atom is 0.277 e. The van der Waals surface area contributed by atoms with Crippen LogP contribution in [0.2, 0.25) is 0 Å². The van der Waals surface area contributed by atoms with Gasteiger partial charge in [-0.05, 0) is 61.6 Å². The van der Waals surface area contributed by atoms with E-state index < -0.39 is 0 Å². The topological polar surface area (TPSA) is 53.9 Å². The van der Waals surface area contributed by atoms with Crippen molar-refractivity contribution in [2.24, 2.45) is 5.10 Å². The highest BCUT2D eigenvalue weighted by atomic mass is 16.5. The number of ether oxygens (including phenoxy) is 1. The molecule has 0 unspecified atom stereocenters. The number of carbonyl (C=O) groups is 1. The minimum Gasteiger partial charge on any atom is -0.483 e. The second-order valence-corrected chi connectivity index (χ2v) is 6.86. The molecule has 2 rings (SSSR count). The first-order chi connectivity index (χ1) is 13.5. The first-order valence-electron chi connectivity index (χ1n) is 9.91. The molecule has 0 fully saturated rings. The van der Waals surface area contributed by atoms with E-state index in [0.29, 0.717) is 0 Å². The molecule has 0 atom stereocenters. The molecule has 0 radical (unpaired) electrons. The molecule has 0 aliphatic rings. The van der Waals surface area contributed by atoms with Gasteiger partial charge in [-0.1, -0.05) is 38.1 Å². The van der Waals surface area contributed by atoms with Gasteiger partial charge in [-0.25, -0.2) is 5.43 Å². The van der Waals surface area contributed by atoms with Crippen LogP contribution in [0.25, 0.3) is 0 Å². The van der Waals surface area contributed by atoms with E-state index in [4.69, 9.17) is 4.74 Å². The van der Waals surface area contributed by atoms with Gasteiger partial charge < -0.3 is 9.64 Å². The molecule has 1 N–H and O–H groups in total. The zero-order valence-electron chi connectivity index (χ0n) is 17.4. The normalized spacial score (nSPS) is 10.9. The van der Waals surface area contributed by atoms with Gasteiger partial charge in [0, 0.05) is 18.8 Å². The molecule has 0 aliphatic heterocycles. The van der Waals surface area contributed by atoms with Crippen LogP contribution in [0, 0.1) is 13.8 Å². The number of benzene rings is 2. The molecule has 0 aliphatic carbocycles. The Balaban J connectivity index is 1.84. The maximum absolute atomic E-state index is 11.9. The first-order valence-corrected chi connectivity index (χ1v) is 9.91. The van der Waals surface area contributed by atoms with Crippen LogP contribution in [0.1, 0.15) is 43.4 Å². The van der Waals surface area contributed by atoms with E-state index in [-0.39, 0.29) is 12.5 Å². The number of aryl methyl sites for hydroxylation is 1. The summed E-state index contributed by atoms with van der Waals surface area (Å²) in [5.74, 6) is 0.435. The van der Waals surface area contributed by atoms with Crippen LogP contribution < -0.4 is 15.1 Å². The number of rotatable bonds is 10. The Kier molecular flexibility index (Phi) is 8.53. The number of carbonyl (C=O) groups excluding carboxylic acids is 1. The second-order valence-electron chi connectivity index (χ2n) is 6.86. The highest BCUT2D eigenvalue weighted by Crippen LogP contribution is 2.20. The van der Waals surface area contributed by atoms with Crippen LogP contribution in [0.4, 0.5) is 5.69 Å². The lowest BCUT2D eigenvalue weighted by atomic mass is 10.1. The highest BCUT2D eigenvalue weighted by molar-refractivity contribution is 5.83. The molecule has 1 amide bonds. The third kappa shape index (κ3) is 6.41. The molecule has 150 valence electrons. The lowest BCUT2D eigenvalue weighted by Gasteiger charge is -2.23. The summed E-state index contributed by atoms with van der Waals surface area (Å²) < 4.78 is 5.58. The Labute approximate surface area is 168 Å². The van der Waals surface area contributed by atoms with Crippen molar-refractivity contribution in [1.29, 1.82) is 0 Å². The van der Waals surface area contributed by atoms with E-state index in [1.165, 1.54) is 5.69 Å². The molecule has 0 spiro atoms. The molecule has 0 aromatic heterocycles. The number of hydrogen-bond acceptors (Lipinski definition) is 4. The Morgan fingerprint density at radius 2 is 1.75 bits per heavy atom. The van der Waals surface area contributed by atoms with Crippen LogP contribution in [-0.2, 0) is 4.79 Å². The van der Waals surface area contributed by atoms with E-state index in [0.717, 1.165) is 48.4 Å². The minimum atomic E-state index is -0.286. The van der Waals surface area contributed by atoms with Crippen LogP contribution in [-0.4, -0.2) is 31.8 Å². The standard InChI is InChI=1S/C23H31N3O2/c1-5-14-26(15-6-2)21-12-10-20(11-13-21)16-24-25-23(27)17-28-22-9-7-8-18(3)19(22)4/h7-13,16H,5-6,14-15,17H2,1-4H3,(H,25,27)/b24-16+. The number of hydrazone groups is 1. The van der Waals surface area contributed by atoms with Crippen molar-refractivity contribution >= 4 is 17.8 Å². The monoisotopic (exact) mass is 381 g/mol. The van der Waals surface area contributed by atoms with Crippen molar-refractivity contribution in [3.05, 3.63) is 59.2 Å². The van der Waals surface area contributed by atoms with Crippen molar-refractivity contribution in [3.8, 4) is 5.75 Å². The molecule has 2 aromatic carbocycles. The largest absolute Gasteiger partial charge is 0.483 e. The van der Waals surface area contributed by atoms with Gasteiger partial charge >= 0.3 is 0 Å². The summed E-state index contributed by atoms with van der Waals surface area (Å²) in [6.07, 6.45) is 3.89. The fourth-order valence-corrected chi connectivity index (χ4v) is 2.92. The summed E-state index contributed by atoms with van der Waals surface area (Å²) in [4.78, 5) is 14.3. The highest BCUT2D eigenvalue weighted by Gasteiger charge is 2.06. The Morgan fingerprint density at radius 3 is 2.39 bits per heavy atom. The molecule has 28 heavy (non-hydrogen) atoms. The number of amides is 1. The van der Waals surface area contributed by atoms with Gasteiger partial charge in [-0.2, -0.15) is 5.10 Å². The maximum atomic E-state index is 11.9. The Morgan fingerprint density at radius 1 is 1.07 bits per heavy atom. The lowest BCUT2D eigenvalue weighted by molar-refractivity contribution is -0.123. The first kappa shape index (κ1) is 21.5. The van der Waals surface area contributed by atoms with E-state index in [9.17, 15) is 4.79 Å². The van der Waals surface area contributed by atoms with Gasteiger partial charge in [0.2, 0.25) is 0 Å². The fraction of sp³-hybridized carbons (Fsp3) is 0.391. The molecule has 0 bridgehead atoms. The molecular weight excluding hydrogens is 350 g/mol. The predicted molar refractivity (Wildman–Crippen MR) is 116 cm³/mol. The van der Waals surface area contributed by atoms with E-state index >= 15 is 0 Å². The average Bonchev–Trinajstić information content (AvgIpc) is 2.69. The SMILES string of the molecule is CCCN(CCC)c1ccc(/C=N/NC(=O)COc2cccc(C)c2C)cc1. The fourth-order valence-electron chi connectivity index (χ4n) is 2.92. The van der Waals surface area contributed by atoms with Crippen LogP contribution in [0.3, 0.4) is 0 Å². The molecule has 5 heteroatoms. The van der Waals surface area contributed by atoms with E-state index in [2.05, 4.69) is 41.4 Å². The zero-order valence-corrected chi connectivity index (χ0v) is 17.4. The van der Waals surface area contributed by atoms with Crippen LogP contribution in [0.5, 0.6) is 5.75 Å². The quantitative estimate of drug-likeness (QED) is 0.488. The summed E-state index contributed by atoms with van der Waals surface area (Å²) in [6, 6.07) is 14.0. The Hall–Kier alpha value is -2.82. The van der Waals surface area contributed by atoms with Crippen molar-refractivity contribution in [2.45, 2.75) is 40.5 Å². The number of hydrogen-bond donors (Lipinski definition) is 1. The van der Waals surface area contributed by atoms with E-state index in [1.807, 2.05) is 44.2 Å². The van der Waals surface area contributed by atoms with Gasteiger partial charge in [-0.3, -0.25) is 4.79 Å². The predicted octanol–water partition coefficient (Wildman–Crippen LogP) is 4.46. The summed E-state index contributed by atoms with van der Waals surface area (Å²) in [6.45, 7) is 10.4. The number of nitrogens with zero attached hydrogens (tertiary/aromatic N) is 2. The summed E-state index contributed by atoms with van der Waals surface area (Å²) in [5, 5.41) is 4.02. The van der Waals surface area contributed by atoms with Gasteiger partial charge in [0.1, 0.15) is 5.75 Å². The molecule has 0 saturated heterocycles. The van der Waals surface area contributed by atoms with Gasteiger partial charge in [0.15, 0.2) is 6.61 Å². The number of nitrogens with one attached hydrogen (secondary N) is 1. The summed E-state index contributed by atoms with van der Waals surface area (Å²) >= 11 is 0. The Bertz CT molecular complexity index is 779. The van der Waals surface area contributed by atoms with Gasteiger partial charge in [0.25, 0.3) is 5.91 Å². The molecular formula is C23H31N3O2. The third-order valence-electron chi connectivity index (χ3n) is 4.56. The number of anilines is 1. The second kappa shape index (κ2) is 11.1. The third-order valence-corrected chi connectivity index (χ3v) is 4.56. The van der Waals surface area contributed by atoms with Gasteiger partial charge in [0.05, 0.1) is 6.21 Å². The lowest BCUT2D eigenvalue weighted by Crippen LogP contribution is -2.25. The average molecular weight is 382 g/mol. The minimum absolute atomic E-state index is 0.0659. The molecule has 2 aromatic rings. The van der Waals surface area contributed by atoms with Crippen LogP contribution in [0.15, 0.2) is 47.6 Å². The van der Waals surface area contributed by atoms with Crippen molar-refractivity contribution < 1.29 is 9.53 Å². The summed E-state index contributed by atoms with van der Waals surface area (Å²) in [7, 11) is 0.